The summed E-state index contributed by atoms with van der Waals surface area (Å²) < 4.78 is 17.0. The van der Waals surface area contributed by atoms with Gasteiger partial charge in [0.15, 0.2) is 11.5 Å². The highest BCUT2D eigenvalue weighted by atomic mass is 16.5. The maximum Gasteiger partial charge on any atom is 0.257 e. The number of piperidine rings is 1. The van der Waals surface area contributed by atoms with Gasteiger partial charge in [-0.25, -0.2) is 0 Å². The van der Waals surface area contributed by atoms with E-state index in [4.69, 9.17) is 14.2 Å². The molecule has 214 valence electrons. The monoisotopic (exact) mass is 558 g/mol. The Bertz CT molecular complexity index is 1420. The van der Waals surface area contributed by atoms with Crippen LogP contribution in [0, 0.1) is 6.92 Å². The Morgan fingerprint density at radius 1 is 0.976 bits per heavy atom. The molecule has 0 aliphatic carbocycles. The Kier molecular flexibility index (Phi) is 8.21. The fourth-order valence-electron chi connectivity index (χ4n) is 5.52. The van der Waals surface area contributed by atoms with Crippen LogP contribution in [-0.4, -0.2) is 78.2 Å². The molecule has 41 heavy (non-hydrogen) atoms. The molecule has 1 spiro atoms. The molecule has 2 saturated heterocycles. The van der Waals surface area contributed by atoms with Crippen LogP contribution < -0.4 is 14.8 Å². The number of pyridine rings is 1. The number of nitrogens with one attached hydrogen (secondary N) is 1. The van der Waals surface area contributed by atoms with Crippen LogP contribution >= 0.6 is 0 Å². The average molecular weight is 559 g/mol. The molecular weight excluding hydrogens is 524 g/mol. The standard InChI is InChI=1S/C31H34N4O6/c1-21-8-4-5-10-24(21)30(38)35-25(28(36)33-19-23-9-6-7-15-32-23)20-41-31(35)13-16-34(17-14-31)29(37)22-11-12-26(39-2)27(18-22)40-3/h4-12,15,18,25H,13-14,16-17,19-20H2,1-3H3,(H,33,36)/t25-/m0/s1. The first-order valence-corrected chi connectivity index (χ1v) is 13.6. The molecule has 2 fully saturated rings. The lowest BCUT2D eigenvalue weighted by molar-refractivity contribution is -0.128. The second-order valence-electron chi connectivity index (χ2n) is 10.2. The van der Waals surface area contributed by atoms with E-state index in [1.165, 1.54) is 7.11 Å². The third-order valence-electron chi connectivity index (χ3n) is 7.79. The molecule has 2 aromatic carbocycles. The largest absolute Gasteiger partial charge is 0.493 e. The fraction of sp³-hybridized carbons (Fsp3) is 0.355. The lowest BCUT2D eigenvalue weighted by Gasteiger charge is -2.44. The molecule has 3 amide bonds. The highest BCUT2D eigenvalue weighted by Gasteiger charge is 2.54. The van der Waals surface area contributed by atoms with E-state index >= 15 is 0 Å². The number of ether oxygens (including phenoxy) is 3. The molecule has 0 radical (unpaired) electrons. The van der Waals surface area contributed by atoms with Crippen molar-refractivity contribution in [1.82, 2.24) is 20.1 Å². The number of methoxy groups -OCH3 is 2. The molecule has 0 saturated carbocycles. The topological polar surface area (TPSA) is 110 Å². The van der Waals surface area contributed by atoms with Crippen LogP contribution in [0.25, 0.3) is 0 Å². The van der Waals surface area contributed by atoms with Crippen LogP contribution in [-0.2, 0) is 16.1 Å². The van der Waals surface area contributed by atoms with Gasteiger partial charge in [-0.15, -0.1) is 0 Å². The Balaban J connectivity index is 1.36. The second kappa shape index (κ2) is 12.0. The van der Waals surface area contributed by atoms with Crippen molar-refractivity contribution in [2.45, 2.75) is 38.1 Å². The average Bonchev–Trinajstić information content (AvgIpc) is 3.38. The van der Waals surface area contributed by atoms with Crippen LogP contribution in [0.15, 0.2) is 66.9 Å². The molecule has 0 unspecified atom stereocenters. The highest BCUT2D eigenvalue weighted by molar-refractivity contribution is 5.99. The van der Waals surface area contributed by atoms with Gasteiger partial charge in [-0.1, -0.05) is 24.3 Å². The van der Waals surface area contributed by atoms with Crippen LogP contribution in [0.1, 0.15) is 44.8 Å². The number of benzene rings is 2. The van der Waals surface area contributed by atoms with Crippen LogP contribution in [0.2, 0.25) is 0 Å². The van der Waals surface area contributed by atoms with Crippen molar-refractivity contribution in [3.8, 4) is 11.5 Å². The Labute approximate surface area is 239 Å². The van der Waals surface area contributed by atoms with Crippen molar-refractivity contribution in [1.29, 1.82) is 0 Å². The van der Waals surface area contributed by atoms with Crippen molar-refractivity contribution in [2.24, 2.45) is 0 Å². The first-order chi connectivity index (χ1) is 19.9. The van der Waals surface area contributed by atoms with Crippen LogP contribution in [0.5, 0.6) is 11.5 Å². The van der Waals surface area contributed by atoms with Gasteiger partial charge in [-0.3, -0.25) is 24.3 Å². The molecule has 0 bridgehead atoms. The highest BCUT2D eigenvalue weighted by Crippen LogP contribution is 2.39. The van der Waals surface area contributed by atoms with Crippen molar-refractivity contribution < 1.29 is 28.6 Å². The number of aryl methyl sites for hydroxylation is 1. The zero-order valence-corrected chi connectivity index (χ0v) is 23.5. The van der Waals surface area contributed by atoms with E-state index in [0.29, 0.717) is 54.3 Å². The third-order valence-corrected chi connectivity index (χ3v) is 7.79. The van der Waals surface area contributed by atoms with Crippen molar-refractivity contribution in [2.75, 3.05) is 33.9 Å². The van der Waals surface area contributed by atoms with Gasteiger partial charge in [0.25, 0.3) is 11.8 Å². The van der Waals surface area contributed by atoms with E-state index in [0.717, 1.165) is 5.56 Å². The zero-order chi connectivity index (χ0) is 29.0. The SMILES string of the molecule is COc1ccc(C(=O)N2CCC3(CC2)OC[C@@H](C(=O)NCc2ccccn2)N3C(=O)c2ccccc2C)cc1OC. The Hall–Kier alpha value is -4.44. The summed E-state index contributed by atoms with van der Waals surface area (Å²) in [4.78, 5) is 48.5. The van der Waals surface area contributed by atoms with Crippen molar-refractivity contribution in [3.05, 3.63) is 89.2 Å². The number of likely N-dealkylation sites (tertiary alicyclic amines) is 1. The summed E-state index contributed by atoms with van der Waals surface area (Å²) >= 11 is 0. The summed E-state index contributed by atoms with van der Waals surface area (Å²) in [6.45, 7) is 2.88. The molecule has 2 aliphatic heterocycles. The van der Waals surface area contributed by atoms with E-state index in [2.05, 4.69) is 10.3 Å². The molecular formula is C31H34N4O6. The maximum absolute atomic E-state index is 14.0. The minimum atomic E-state index is -1.01. The molecule has 1 aromatic heterocycles. The number of nitrogens with zero attached hydrogens (tertiary/aromatic N) is 3. The number of carbonyl (C=O) groups excluding carboxylic acids is 3. The molecule has 1 atom stereocenters. The first kappa shape index (κ1) is 28.1. The lowest BCUT2D eigenvalue weighted by Crippen LogP contribution is -2.59. The van der Waals surface area contributed by atoms with Crippen molar-refractivity contribution >= 4 is 17.7 Å². The Morgan fingerprint density at radius 3 is 2.39 bits per heavy atom. The summed E-state index contributed by atoms with van der Waals surface area (Å²) in [7, 11) is 3.07. The van der Waals surface area contributed by atoms with Gasteiger partial charge in [0.1, 0.15) is 11.8 Å². The normalized spacial score (nSPS) is 17.8. The smallest absolute Gasteiger partial charge is 0.257 e. The number of rotatable bonds is 7. The summed E-state index contributed by atoms with van der Waals surface area (Å²) in [5, 5.41) is 2.92. The van der Waals surface area contributed by atoms with E-state index < -0.39 is 11.8 Å². The number of aromatic nitrogens is 1. The van der Waals surface area contributed by atoms with Gasteiger partial charge in [0.05, 0.1) is 33.1 Å². The van der Waals surface area contributed by atoms with E-state index in [1.54, 1.807) is 47.4 Å². The summed E-state index contributed by atoms with van der Waals surface area (Å²) in [6, 6.07) is 17.1. The minimum Gasteiger partial charge on any atom is -0.493 e. The molecule has 10 nitrogen and oxygen atoms in total. The second-order valence-corrected chi connectivity index (χ2v) is 10.2. The summed E-state index contributed by atoms with van der Waals surface area (Å²) in [5.74, 6) is 0.288. The summed E-state index contributed by atoms with van der Waals surface area (Å²) in [5.41, 5.74) is 1.51. The van der Waals surface area contributed by atoms with E-state index in [1.807, 2.05) is 43.3 Å². The van der Waals surface area contributed by atoms with Gasteiger partial charge < -0.3 is 24.4 Å². The maximum atomic E-state index is 14.0. The van der Waals surface area contributed by atoms with Gasteiger partial charge in [-0.05, 0) is 48.9 Å². The number of hydrogen-bond acceptors (Lipinski definition) is 7. The van der Waals surface area contributed by atoms with Crippen LogP contribution in [0.3, 0.4) is 0 Å². The molecule has 3 aromatic rings. The van der Waals surface area contributed by atoms with Gasteiger partial charge >= 0.3 is 0 Å². The summed E-state index contributed by atoms with van der Waals surface area (Å²) in [6.07, 6.45) is 2.40. The molecule has 10 heteroatoms. The third kappa shape index (κ3) is 5.60. The fourth-order valence-corrected chi connectivity index (χ4v) is 5.52. The lowest BCUT2D eigenvalue weighted by atomic mass is 9.95. The Morgan fingerprint density at radius 2 is 1.71 bits per heavy atom. The van der Waals surface area contributed by atoms with E-state index in [9.17, 15) is 14.4 Å². The predicted molar refractivity (Wildman–Crippen MR) is 151 cm³/mol. The first-order valence-electron chi connectivity index (χ1n) is 13.6. The molecule has 5 rings (SSSR count). The molecule has 3 heterocycles. The number of hydrogen-bond donors (Lipinski definition) is 1. The number of amides is 3. The number of carbonyl (C=O) groups is 3. The van der Waals surface area contributed by atoms with Gasteiger partial charge in [0.2, 0.25) is 5.91 Å². The molecule has 1 N–H and O–H groups in total. The van der Waals surface area contributed by atoms with Crippen molar-refractivity contribution in [3.63, 3.8) is 0 Å². The van der Waals surface area contributed by atoms with Gasteiger partial charge in [0, 0.05) is 43.3 Å². The van der Waals surface area contributed by atoms with Crippen LogP contribution in [0.4, 0.5) is 0 Å². The zero-order valence-electron chi connectivity index (χ0n) is 23.5. The molecule has 2 aliphatic rings. The van der Waals surface area contributed by atoms with Gasteiger partial charge in [-0.2, -0.15) is 0 Å². The quantitative estimate of drug-likeness (QED) is 0.474. The van der Waals surface area contributed by atoms with E-state index in [-0.39, 0.29) is 30.9 Å². The minimum absolute atomic E-state index is 0.0648. The predicted octanol–water partition coefficient (Wildman–Crippen LogP) is 3.20.